The van der Waals surface area contributed by atoms with E-state index in [1.165, 1.54) is 6.20 Å². The molecule has 5 aromatic rings. The van der Waals surface area contributed by atoms with E-state index in [4.69, 9.17) is 9.15 Å². The molecule has 0 radical (unpaired) electrons. The van der Waals surface area contributed by atoms with Crippen LogP contribution in [0.2, 0.25) is 0 Å². The molecule has 0 aliphatic carbocycles. The van der Waals surface area contributed by atoms with E-state index in [1.807, 2.05) is 61.5 Å². The van der Waals surface area contributed by atoms with Crippen molar-refractivity contribution in [3.05, 3.63) is 108 Å². The zero-order valence-corrected chi connectivity index (χ0v) is 29.4. The number of hydrogen-bond donors (Lipinski definition) is 4. The smallest absolute Gasteiger partial charge is 1.00 e. The van der Waals surface area contributed by atoms with E-state index >= 15 is 0 Å². The molecule has 0 aliphatic heterocycles. The van der Waals surface area contributed by atoms with Gasteiger partial charge in [0.15, 0.2) is 6.61 Å². The van der Waals surface area contributed by atoms with Crippen LogP contribution < -0.4 is 69.7 Å². The summed E-state index contributed by atoms with van der Waals surface area (Å²) in [7, 11) is -4.69. The van der Waals surface area contributed by atoms with Crippen LogP contribution in [0.5, 0.6) is 0 Å². The zero-order valence-electron chi connectivity index (χ0n) is 26.5. The molecule has 2 unspecified atom stereocenters. The van der Waals surface area contributed by atoms with Gasteiger partial charge in [-0.25, -0.2) is 9.36 Å². The molecule has 2 amide bonds. The Hall–Kier alpha value is -2.37. The first-order chi connectivity index (χ1) is 19.5. The third kappa shape index (κ3) is 8.22. The Morgan fingerprint density at radius 3 is 2.37 bits per heavy atom. The SMILES string of the molecule is CC(NC(=O)C(C)(Cc1cn(P(=O)(O)O)c2ccccc12)NC(=O)OCc1cc2ccccc2o1)c1ccccc1.[H-].[H-].[Na+].[Na+]. The molecule has 13 heteroatoms. The Morgan fingerprint density at radius 2 is 1.67 bits per heavy atom. The van der Waals surface area contributed by atoms with Gasteiger partial charge in [-0.15, -0.1) is 0 Å². The van der Waals surface area contributed by atoms with E-state index in [0.717, 1.165) is 15.3 Å². The van der Waals surface area contributed by atoms with Crippen LogP contribution in [0.4, 0.5) is 4.79 Å². The first kappa shape index (κ1) is 35.1. The molecule has 0 aliphatic rings. The summed E-state index contributed by atoms with van der Waals surface area (Å²) in [5.41, 5.74) is 0.744. The summed E-state index contributed by atoms with van der Waals surface area (Å²) < 4.78 is 24.2. The number of furan rings is 1. The van der Waals surface area contributed by atoms with Crippen LogP contribution >= 0.6 is 7.75 Å². The molecule has 0 fully saturated rings. The van der Waals surface area contributed by atoms with Crippen molar-refractivity contribution in [2.75, 3.05) is 0 Å². The van der Waals surface area contributed by atoms with Crippen molar-refractivity contribution >= 4 is 41.6 Å². The van der Waals surface area contributed by atoms with Crippen molar-refractivity contribution in [2.24, 2.45) is 0 Å². The van der Waals surface area contributed by atoms with Gasteiger partial charge in [-0.2, -0.15) is 0 Å². The molecular weight excluding hydrogens is 591 g/mol. The second kappa shape index (κ2) is 14.6. The zero-order chi connectivity index (χ0) is 29.2. The summed E-state index contributed by atoms with van der Waals surface area (Å²) in [5, 5.41) is 7.06. The van der Waals surface area contributed by atoms with Crippen LogP contribution in [-0.2, 0) is 27.1 Å². The van der Waals surface area contributed by atoms with Gasteiger partial charge in [0, 0.05) is 23.4 Å². The monoisotopic (exact) mass is 623 g/mol. The van der Waals surface area contributed by atoms with Gasteiger partial charge in [-0.1, -0.05) is 66.7 Å². The molecule has 0 saturated carbocycles. The van der Waals surface area contributed by atoms with Gasteiger partial charge in [0.1, 0.15) is 16.9 Å². The molecule has 0 bridgehead atoms. The number of carbonyl (C=O) groups is 2. The fourth-order valence-corrected chi connectivity index (χ4v) is 5.58. The number of carbonyl (C=O) groups excluding carboxylic acids is 2. The van der Waals surface area contributed by atoms with Crippen LogP contribution in [0.25, 0.3) is 21.9 Å². The van der Waals surface area contributed by atoms with Crippen LogP contribution in [0, 0.1) is 0 Å². The van der Waals surface area contributed by atoms with Crippen molar-refractivity contribution in [3.8, 4) is 0 Å². The summed E-state index contributed by atoms with van der Waals surface area (Å²) in [6.45, 7) is 3.22. The third-order valence-corrected chi connectivity index (χ3v) is 7.84. The largest absolute Gasteiger partial charge is 1.00 e. The van der Waals surface area contributed by atoms with Crippen LogP contribution in [-0.4, -0.2) is 31.7 Å². The number of amides is 2. The number of fused-ring (bicyclic) bond motifs is 2. The maximum absolute atomic E-state index is 13.8. The summed E-state index contributed by atoms with van der Waals surface area (Å²) in [6, 6.07) is 24.8. The second-order valence-corrected chi connectivity index (χ2v) is 11.6. The average molecular weight is 624 g/mol. The molecule has 0 saturated heterocycles. The minimum Gasteiger partial charge on any atom is -1.00 e. The fraction of sp³-hybridized carbons (Fsp3) is 0.200. The molecular formula is C30H32N3Na2O7P. The van der Waals surface area contributed by atoms with Gasteiger partial charge in [-0.3, -0.25) is 9.13 Å². The number of hydrogen-bond acceptors (Lipinski definition) is 5. The van der Waals surface area contributed by atoms with Gasteiger partial charge in [0.05, 0.1) is 11.6 Å². The van der Waals surface area contributed by atoms with Crippen LogP contribution in [0.15, 0.2) is 95.5 Å². The predicted molar refractivity (Wildman–Crippen MR) is 156 cm³/mol. The fourth-order valence-electron chi connectivity index (χ4n) is 4.84. The standard InChI is InChI=1S/C30H30N3O7P.2Na.2H/c1-20(21-10-4-3-5-11-21)31-28(34)30(2,17-23-18-33(41(36,37)38)26-14-8-7-13-25(23)26)32-29(35)39-19-24-16-22-12-6-9-15-27(22)40-24;;;;/h3-16,18,20H,17,19H2,1-2H3,(H,31,34)(H,32,35)(H2,36,37,38);;;;/q;2*+1;2*-1. The molecule has 0 spiro atoms. The summed E-state index contributed by atoms with van der Waals surface area (Å²) in [4.78, 5) is 46.7. The number of aromatic nitrogens is 1. The molecule has 2 aromatic heterocycles. The quantitative estimate of drug-likeness (QED) is 0.130. The number of ether oxygens (including phenoxy) is 1. The third-order valence-electron chi connectivity index (χ3n) is 6.95. The van der Waals surface area contributed by atoms with E-state index in [-0.39, 0.29) is 81.0 Å². The Labute approximate surface area is 295 Å². The van der Waals surface area contributed by atoms with Gasteiger partial charge in [-0.05, 0) is 43.2 Å². The molecule has 5 rings (SSSR count). The van der Waals surface area contributed by atoms with E-state index in [9.17, 15) is 23.9 Å². The molecule has 216 valence electrons. The van der Waals surface area contributed by atoms with E-state index in [0.29, 0.717) is 27.8 Å². The van der Waals surface area contributed by atoms with E-state index in [2.05, 4.69) is 10.6 Å². The van der Waals surface area contributed by atoms with Gasteiger partial charge < -0.3 is 32.4 Å². The molecule has 10 nitrogen and oxygen atoms in total. The Kier molecular flexibility index (Phi) is 11.9. The maximum Gasteiger partial charge on any atom is 1.00 e. The molecule has 3 aromatic carbocycles. The van der Waals surface area contributed by atoms with Gasteiger partial charge >= 0.3 is 73.0 Å². The second-order valence-electron chi connectivity index (χ2n) is 10.1. The van der Waals surface area contributed by atoms with Crippen molar-refractivity contribution in [1.29, 1.82) is 0 Å². The van der Waals surface area contributed by atoms with Crippen molar-refractivity contribution in [3.63, 3.8) is 0 Å². The molecule has 2 heterocycles. The topological polar surface area (TPSA) is 143 Å². The predicted octanol–water partition coefficient (Wildman–Crippen LogP) is -0.334. The first-order valence-electron chi connectivity index (χ1n) is 13.0. The van der Waals surface area contributed by atoms with E-state index in [1.54, 1.807) is 37.3 Å². The Morgan fingerprint density at radius 1 is 1.02 bits per heavy atom. The molecule has 2 atom stereocenters. The van der Waals surface area contributed by atoms with E-state index < -0.39 is 25.3 Å². The van der Waals surface area contributed by atoms with Crippen molar-refractivity contribution in [1.82, 2.24) is 15.0 Å². The normalized spacial score (nSPS) is 13.3. The van der Waals surface area contributed by atoms with Gasteiger partial charge in [0.2, 0.25) is 5.91 Å². The number of rotatable bonds is 9. The first-order valence-corrected chi connectivity index (χ1v) is 14.5. The number of benzene rings is 3. The minimum atomic E-state index is -4.69. The summed E-state index contributed by atoms with van der Waals surface area (Å²) >= 11 is 0. The minimum absolute atomic E-state index is 0. The maximum atomic E-state index is 13.8. The van der Waals surface area contributed by atoms with Crippen LogP contribution in [0.3, 0.4) is 0 Å². The average Bonchev–Trinajstić information content (AvgIpc) is 3.54. The molecule has 43 heavy (non-hydrogen) atoms. The summed E-state index contributed by atoms with van der Waals surface area (Å²) in [6.07, 6.45) is 0.390. The number of nitrogens with one attached hydrogen (secondary N) is 2. The molecule has 4 N–H and O–H groups in total. The number of nitrogens with zero attached hydrogens (tertiary/aromatic N) is 1. The van der Waals surface area contributed by atoms with Crippen LogP contribution in [0.1, 0.15) is 39.6 Å². The Balaban J connectivity index is 0.00000253. The number of para-hydroxylation sites is 2. The van der Waals surface area contributed by atoms with Gasteiger partial charge in [0.25, 0.3) is 0 Å². The number of alkyl carbamates (subject to hydrolysis) is 1. The Bertz CT molecular complexity index is 1750. The van der Waals surface area contributed by atoms with Crippen molar-refractivity contribution in [2.45, 2.75) is 38.5 Å². The van der Waals surface area contributed by atoms with Crippen molar-refractivity contribution < 1.29 is 95.1 Å². The summed E-state index contributed by atoms with van der Waals surface area (Å²) in [5.74, 6) is -0.0579.